The first-order valence-corrected chi connectivity index (χ1v) is 16.5. The summed E-state index contributed by atoms with van der Waals surface area (Å²) >= 11 is 5.76. The smallest absolute Gasteiger partial charge is 0.277 e. The zero-order valence-electron chi connectivity index (χ0n) is 26.1. The molecule has 1 aliphatic rings. The zero-order valence-corrected chi connectivity index (χ0v) is 27.6. The van der Waals surface area contributed by atoms with Crippen molar-refractivity contribution in [1.29, 1.82) is 0 Å². The molecule has 44 heavy (non-hydrogen) atoms. The molecule has 0 saturated carbocycles. The molecule has 13 heteroatoms. The van der Waals surface area contributed by atoms with Crippen LogP contribution in [0.2, 0.25) is 0 Å². The number of aryl methyl sites for hydroxylation is 3. The molecular formula is C31H39ClN4O7S. The van der Waals surface area contributed by atoms with Gasteiger partial charge in [0.2, 0.25) is 5.91 Å². The lowest BCUT2D eigenvalue weighted by Gasteiger charge is -2.31. The molecule has 2 aromatic carbocycles. The molecule has 1 aliphatic heterocycles. The summed E-state index contributed by atoms with van der Waals surface area (Å²) in [6, 6.07) is 8.85. The van der Waals surface area contributed by atoms with E-state index in [4.69, 9.17) is 21.2 Å². The Morgan fingerprint density at radius 1 is 1.20 bits per heavy atom. The first-order chi connectivity index (χ1) is 20.8. The lowest BCUT2D eigenvalue weighted by molar-refractivity contribution is -0.116. The fraction of sp³-hybridized carbons (Fsp3) is 0.419. The Kier molecular flexibility index (Phi) is 11.7. The molecule has 3 aromatic rings. The van der Waals surface area contributed by atoms with E-state index in [1.807, 2.05) is 26.0 Å². The quantitative estimate of drug-likeness (QED) is 0.260. The summed E-state index contributed by atoms with van der Waals surface area (Å²) in [4.78, 5) is 43.8. The summed E-state index contributed by atoms with van der Waals surface area (Å²) in [7, 11) is -0.378. The van der Waals surface area contributed by atoms with Gasteiger partial charge < -0.3 is 19.6 Å². The van der Waals surface area contributed by atoms with Gasteiger partial charge in [-0.15, -0.1) is 11.6 Å². The number of para-hydroxylation sites is 1. The van der Waals surface area contributed by atoms with Crippen molar-refractivity contribution >= 4 is 44.5 Å². The normalized spacial score (nSPS) is 13.4. The van der Waals surface area contributed by atoms with E-state index in [9.17, 15) is 22.8 Å². The number of nitrogens with zero attached hydrogens (tertiary/aromatic N) is 3. The minimum atomic E-state index is -3.52. The third kappa shape index (κ3) is 7.48. The number of sulfone groups is 1. The van der Waals surface area contributed by atoms with Crippen molar-refractivity contribution in [2.24, 2.45) is 12.2 Å². The average Bonchev–Trinajstić information content (AvgIpc) is 3.63. The van der Waals surface area contributed by atoms with Crippen LogP contribution in [0.1, 0.15) is 58.4 Å². The van der Waals surface area contributed by atoms with Gasteiger partial charge in [-0.05, 0) is 56.0 Å². The van der Waals surface area contributed by atoms with E-state index in [-0.39, 0.29) is 33.9 Å². The highest BCUT2D eigenvalue weighted by Crippen LogP contribution is 2.29. The number of aromatic nitrogens is 2. The maximum Gasteiger partial charge on any atom is 0.277 e. The maximum absolute atomic E-state index is 12.8. The number of amides is 1. The number of hydrogen-bond donors (Lipinski definition) is 1. The van der Waals surface area contributed by atoms with Crippen LogP contribution in [0, 0.1) is 13.8 Å². The monoisotopic (exact) mass is 646 g/mol. The van der Waals surface area contributed by atoms with Gasteiger partial charge in [0, 0.05) is 44.2 Å². The number of ether oxygens (including phenoxy) is 1. The molecule has 1 aromatic heterocycles. The second-order valence-corrected chi connectivity index (χ2v) is 12.8. The van der Waals surface area contributed by atoms with E-state index in [1.165, 1.54) is 30.1 Å². The molecule has 1 amide bonds. The lowest BCUT2D eigenvalue weighted by atomic mass is 9.93. The Morgan fingerprint density at radius 2 is 1.91 bits per heavy atom. The predicted octanol–water partition coefficient (Wildman–Crippen LogP) is 3.94. The van der Waals surface area contributed by atoms with Crippen LogP contribution in [0.4, 0.5) is 5.69 Å². The summed E-state index contributed by atoms with van der Waals surface area (Å²) in [5, 5.41) is 6.56. The second-order valence-electron chi connectivity index (χ2n) is 10.5. The molecule has 0 spiro atoms. The van der Waals surface area contributed by atoms with Gasteiger partial charge in [-0.3, -0.25) is 19.1 Å². The van der Waals surface area contributed by atoms with Crippen LogP contribution in [0.3, 0.4) is 0 Å². The van der Waals surface area contributed by atoms with Gasteiger partial charge in [-0.25, -0.2) is 8.42 Å². The lowest BCUT2D eigenvalue weighted by Crippen LogP contribution is -2.43. The van der Waals surface area contributed by atoms with Crippen LogP contribution >= 0.6 is 11.6 Å². The summed E-state index contributed by atoms with van der Waals surface area (Å²) in [6.07, 6.45) is 3.77. The number of aromatic amines is 1. The minimum Gasteiger partial charge on any atom is -0.395 e. The van der Waals surface area contributed by atoms with Crippen molar-refractivity contribution in [2.45, 2.75) is 51.5 Å². The third-order valence-electron chi connectivity index (χ3n) is 7.32. The summed E-state index contributed by atoms with van der Waals surface area (Å²) in [5.41, 5.74) is 4.33. The highest BCUT2D eigenvalue weighted by Gasteiger charge is 2.27. The van der Waals surface area contributed by atoms with Gasteiger partial charge >= 0.3 is 0 Å². The topological polar surface area (TPSA) is 140 Å². The Bertz CT molecular complexity index is 1730. The highest BCUT2D eigenvalue weighted by molar-refractivity contribution is 7.90. The third-order valence-corrected chi connectivity index (χ3v) is 8.69. The largest absolute Gasteiger partial charge is 0.395 e. The van der Waals surface area contributed by atoms with Gasteiger partial charge in [-0.1, -0.05) is 30.3 Å². The van der Waals surface area contributed by atoms with Crippen LogP contribution in [0.5, 0.6) is 0 Å². The zero-order chi connectivity index (χ0) is 32.8. The van der Waals surface area contributed by atoms with Crippen molar-refractivity contribution in [3.8, 4) is 0 Å². The van der Waals surface area contributed by atoms with Crippen LogP contribution in [0.15, 0.2) is 51.4 Å². The molecule has 238 valence electrons. The predicted molar refractivity (Wildman–Crippen MR) is 171 cm³/mol. The van der Waals surface area contributed by atoms with Crippen LogP contribution < -0.4 is 10.5 Å². The van der Waals surface area contributed by atoms with E-state index < -0.39 is 21.2 Å². The van der Waals surface area contributed by atoms with Gasteiger partial charge in [0.25, 0.3) is 5.56 Å². The van der Waals surface area contributed by atoms with Crippen LogP contribution in [-0.4, -0.2) is 74.1 Å². The molecule has 1 atom stereocenters. The molecule has 0 aliphatic carbocycles. The summed E-state index contributed by atoms with van der Waals surface area (Å²) in [5.74, 6) is -0.582. The maximum atomic E-state index is 12.8. The molecule has 4 rings (SSSR count). The van der Waals surface area contributed by atoms with E-state index in [1.54, 1.807) is 18.9 Å². The number of carbonyl (C=O) groups is 2. The summed E-state index contributed by atoms with van der Waals surface area (Å²) < 4.78 is 30.6. The van der Waals surface area contributed by atoms with Crippen molar-refractivity contribution < 1.29 is 27.6 Å². The number of halogens is 1. The van der Waals surface area contributed by atoms with Gasteiger partial charge in [0.1, 0.15) is 18.1 Å². The number of benzene rings is 2. The molecule has 0 saturated heterocycles. The van der Waals surface area contributed by atoms with Crippen LogP contribution in [-0.2, 0) is 37.7 Å². The fourth-order valence-electron chi connectivity index (χ4n) is 5.17. The number of ketones is 1. The Labute approximate surface area is 262 Å². The van der Waals surface area contributed by atoms with Gasteiger partial charge in [-0.2, -0.15) is 0 Å². The Balaban J connectivity index is 0.000000251. The van der Waals surface area contributed by atoms with E-state index in [0.29, 0.717) is 36.5 Å². The summed E-state index contributed by atoms with van der Waals surface area (Å²) in [6.45, 7) is 8.56. The molecule has 0 bridgehead atoms. The number of oxime groups is 1. The molecular weight excluding hydrogens is 608 g/mol. The van der Waals surface area contributed by atoms with E-state index >= 15 is 0 Å². The van der Waals surface area contributed by atoms with Crippen molar-refractivity contribution in [1.82, 2.24) is 9.78 Å². The second kappa shape index (κ2) is 14.8. The first kappa shape index (κ1) is 34.7. The Morgan fingerprint density at radius 3 is 2.43 bits per heavy atom. The fourth-order valence-corrected chi connectivity index (χ4v) is 6.26. The minimum absolute atomic E-state index is 0.00623. The molecule has 1 unspecified atom stereocenters. The Hall–Kier alpha value is -3.74. The van der Waals surface area contributed by atoms with Crippen molar-refractivity contribution in [2.75, 3.05) is 37.4 Å². The molecule has 0 fully saturated rings. The highest BCUT2D eigenvalue weighted by atomic mass is 35.5. The average molecular weight is 647 g/mol. The standard InChI is InChI=1S/C16H17N3O5S.C15H22ClNO2/c1-9-10(15(20)11-8-17-19(2)16(11)21)4-5-13(25(3,22)23)14(9)12-6-7-24-18-12;1-5-13-8-6-7-11(2)15(13)17(14(18)9-16)12(3)10-19-4/h4-5,8,17H,6-7H2,1-3H3;6-8,12H,5,9-10H2,1-4H3. The van der Waals surface area contributed by atoms with Crippen LogP contribution in [0.25, 0.3) is 0 Å². The SMILES string of the molecule is CCc1cccc(C)c1N(C(=O)CCl)C(C)COC.Cc1c(C(=O)c2c[nH]n(C)c2=O)ccc(S(C)(=O)=O)c1C1=NOCC1. The van der Waals surface area contributed by atoms with Gasteiger partial charge in [0.05, 0.1) is 28.9 Å². The number of hydrogen-bond acceptors (Lipinski definition) is 8. The number of alkyl halides is 1. The number of carbonyl (C=O) groups excluding carboxylic acids is 2. The van der Waals surface area contributed by atoms with E-state index in [0.717, 1.165) is 29.5 Å². The molecule has 0 radical (unpaired) electrons. The van der Waals surface area contributed by atoms with E-state index in [2.05, 4.69) is 23.2 Å². The van der Waals surface area contributed by atoms with Crippen molar-refractivity contribution in [3.63, 3.8) is 0 Å². The number of nitrogens with one attached hydrogen (secondary N) is 1. The number of rotatable bonds is 10. The number of methoxy groups -OCH3 is 1. The van der Waals surface area contributed by atoms with Gasteiger partial charge in [0.15, 0.2) is 15.6 Å². The first-order valence-electron chi connectivity index (χ1n) is 14.1. The molecule has 1 N–H and O–H groups in total. The number of H-pyrrole nitrogens is 1. The molecule has 11 nitrogen and oxygen atoms in total. The number of anilines is 1. The molecule has 2 heterocycles. The van der Waals surface area contributed by atoms with Crippen molar-refractivity contribution in [3.05, 3.63) is 80.3 Å².